The summed E-state index contributed by atoms with van der Waals surface area (Å²) in [6.45, 7) is 5.31. The average molecular weight is 262 g/mol. The first-order valence-electron chi connectivity index (χ1n) is 5.98. The fourth-order valence-electron chi connectivity index (χ4n) is 1.46. The Balaban J connectivity index is 2.63. The molecule has 0 aliphatic rings. The van der Waals surface area contributed by atoms with Gasteiger partial charge in [-0.2, -0.15) is 0 Å². The van der Waals surface area contributed by atoms with Crippen LogP contribution in [0.1, 0.15) is 26.3 Å². The van der Waals surface area contributed by atoms with E-state index in [9.17, 15) is 4.79 Å². The summed E-state index contributed by atoms with van der Waals surface area (Å²) in [6, 6.07) is 9.46. The Morgan fingerprint density at radius 1 is 1.42 bits per heavy atom. The predicted octanol–water partition coefficient (Wildman–Crippen LogP) is 3.39. The second-order valence-electron chi connectivity index (χ2n) is 5.06. The number of hydrogen-bond donors (Lipinski definition) is 1. The lowest BCUT2D eigenvalue weighted by molar-refractivity contribution is 0.0506. The molecule has 1 amide bonds. The maximum atomic E-state index is 11.6. The molecule has 0 saturated carbocycles. The van der Waals surface area contributed by atoms with Crippen LogP contribution in [0.15, 0.2) is 35.4 Å². The van der Waals surface area contributed by atoms with Gasteiger partial charge in [0.25, 0.3) is 0 Å². The fourth-order valence-corrected chi connectivity index (χ4v) is 1.46. The highest BCUT2D eigenvalue weighted by atomic mass is 16.6. The molecule has 0 bridgehead atoms. The summed E-state index contributed by atoms with van der Waals surface area (Å²) in [4.78, 5) is 14.4. The molecule has 0 aromatic heterocycles. The molecule has 1 N–H and O–H groups in total. The maximum Gasteiger partial charge on any atom is 0.408 e. The third-order valence-corrected chi connectivity index (χ3v) is 2.15. The van der Waals surface area contributed by atoms with Gasteiger partial charge >= 0.3 is 6.09 Å². The Labute approximate surface area is 112 Å². The van der Waals surface area contributed by atoms with Crippen molar-refractivity contribution < 1.29 is 9.53 Å². The number of alkyl carbamates (subject to hydrolysis) is 1. The van der Waals surface area contributed by atoms with Crippen LogP contribution >= 0.6 is 0 Å². The molecule has 102 valence electrons. The van der Waals surface area contributed by atoms with Crippen LogP contribution in [0.3, 0.4) is 0 Å². The lowest BCUT2D eigenvalue weighted by atomic mass is 10.1. The van der Waals surface area contributed by atoms with E-state index in [0.29, 0.717) is 6.42 Å². The molecule has 0 radical (unpaired) electrons. The van der Waals surface area contributed by atoms with Crippen molar-refractivity contribution in [2.45, 2.75) is 39.0 Å². The van der Waals surface area contributed by atoms with Gasteiger partial charge in [0.15, 0.2) is 0 Å². The SMILES string of the molecule is CC(C)(C)OC(=O)NC(Cc1ccccc1)N=[N+]=[N-]. The quantitative estimate of drug-likeness (QED) is 0.512. The van der Waals surface area contributed by atoms with Crippen LogP contribution in [0, 0.1) is 0 Å². The van der Waals surface area contributed by atoms with Gasteiger partial charge in [0.05, 0.1) is 0 Å². The minimum absolute atomic E-state index is 0.421. The molecule has 6 heteroatoms. The molecule has 6 nitrogen and oxygen atoms in total. The van der Waals surface area contributed by atoms with Crippen LogP contribution in [-0.2, 0) is 11.2 Å². The van der Waals surface area contributed by atoms with Gasteiger partial charge in [-0.25, -0.2) is 4.79 Å². The van der Waals surface area contributed by atoms with Crippen LogP contribution in [-0.4, -0.2) is 17.9 Å². The van der Waals surface area contributed by atoms with E-state index in [4.69, 9.17) is 10.3 Å². The van der Waals surface area contributed by atoms with E-state index in [1.165, 1.54) is 0 Å². The molecule has 0 fully saturated rings. The largest absolute Gasteiger partial charge is 0.444 e. The lowest BCUT2D eigenvalue weighted by Gasteiger charge is -2.21. The van der Waals surface area contributed by atoms with Gasteiger partial charge in [0, 0.05) is 4.91 Å². The van der Waals surface area contributed by atoms with Crippen molar-refractivity contribution in [3.8, 4) is 0 Å². The fraction of sp³-hybridized carbons (Fsp3) is 0.462. The number of benzene rings is 1. The molecular formula is C13H18N4O2. The van der Waals surface area contributed by atoms with Crippen LogP contribution < -0.4 is 5.32 Å². The van der Waals surface area contributed by atoms with Crippen LogP contribution in [0.2, 0.25) is 0 Å². The summed E-state index contributed by atoms with van der Waals surface area (Å²) < 4.78 is 5.12. The molecule has 0 aliphatic heterocycles. The van der Waals surface area contributed by atoms with Crippen molar-refractivity contribution in [1.82, 2.24) is 5.32 Å². The summed E-state index contributed by atoms with van der Waals surface area (Å²) in [7, 11) is 0. The van der Waals surface area contributed by atoms with Crippen molar-refractivity contribution in [3.63, 3.8) is 0 Å². The number of amides is 1. The number of azide groups is 1. The number of carbonyl (C=O) groups excluding carboxylic acids is 1. The summed E-state index contributed by atoms with van der Waals surface area (Å²) in [5.74, 6) is 0. The predicted molar refractivity (Wildman–Crippen MR) is 72.4 cm³/mol. The third-order valence-electron chi connectivity index (χ3n) is 2.15. The molecule has 0 saturated heterocycles. The monoisotopic (exact) mass is 262 g/mol. The van der Waals surface area contributed by atoms with Gasteiger partial charge in [-0.15, -0.1) is 0 Å². The minimum atomic E-state index is -0.665. The van der Waals surface area contributed by atoms with E-state index in [1.807, 2.05) is 30.3 Å². The van der Waals surface area contributed by atoms with Gasteiger partial charge in [0.2, 0.25) is 0 Å². The Hall–Kier alpha value is -2.20. The molecule has 1 aromatic rings. The minimum Gasteiger partial charge on any atom is -0.444 e. The number of nitrogens with one attached hydrogen (secondary N) is 1. The van der Waals surface area contributed by atoms with Gasteiger partial charge in [0.1, 0.15) is 11.8 Å². The van der Waals surface area contributed by atoms with Crippen LogP contribution in [0.4, 0.5) is 4.79 Å². The van der Waals surface area contributed by atoms with E-state index < -0.39 is 17.9 Å². The van der Waals surface area contributed by atoms with Crippen LogP contribution in [0.25, 0.3) is 10.4 Å². The van der Waals surface area contributed by atoms with E-state index >= 15 is 0 Å². The number of hydrogen-bond acceptors (Lipinski definition) is 3. The highest BCUT2D eigenvalue weighted by Crippen LogP contribution is 2.09. The summed E-state index contributed by atoms with van der Waals surface area (Å²) in [6.07, 6.45) is -0.840. The molecule has 19 heavy (non-hydrogen) atoms. The second-order valence-corrected chi connectivity index (χ2v) is 5.06. The average Bonchev–Trinajstić information content (AvgIpc) is 2.27. The van der Waals surface area contributed by atoms with Crippen molar-refractivity contribution in [2.24, 2.45) is 5.11 Å². The zero-order valence-corrected chi connectivity index (χ0v) is 11.3. The van der Waals surface area contributed by atoms with Crippen molar-refractivity contribution >= 4 is 6.09 Å². The van der Waals surface area contributed by atoms with E-state index in [1.54, 1.807) is 20.8 Å². The molecule has 0 aliphatic carbocycles. The Morgan fingerprint density at radius 3 is 2.58 bits per heavy atom. The highest BCUT2D eigenvalue weighted by molar-refractivity contribution is 5.68. The van der Waals surface area contributed by atoms with Crippen LogP contribution in [0.5, 0.6) is 0 Å². The molecular weight excluding hydrogens is 244 g/mol. The van der Waals surface area contributed by atoms with Gasteiger partial charge in [-0.05, 0) is 38.3 Å². The Morgan fingerprint density at radius 2 is 2.05 bits per heavy atom. The standard InChI is InChI=1S/C13H18N4O2/c1-13(2,3)19-12(18)15-11(16-17-14)9-10-7-5-4-6-8-10/h4-8,11H,9H2,1-3H3,(H,15,18). The first-order valence-corrected chi connectivity index (χ1v) is 5.98. The molecule has 1 unspecified atom stereocenters. The topological polar surface area (TPSA) is 87.1 Å². The first kappa shape index (κ1) is 14.9. The van der Waals surface area contributed by atoms with Gasteiger partial charge in [-0.3, -0.25) is 0 Å². The molecule has 1 rings (SSSR count). The lowest BCUT2D eigenvalue weighted by Crippen LogP contribution is -2.39. The van der Waals surface area contributed by atoms with Crippen molar-refractivity contribution in [2.75, 3.05) is 0 Å². The van der Waals surface area contributed by atoms with Gasteiger partial charge in [-0.1, -0.05) is 35.4 Å². The molecule has 1 atom stereocenters. The number of nitrogens with zero attached hydrogens (tertiary/aromatic N) is 3. The first-order chi connectivity index (χ1) is 8.90. The zero-order valence-electron chi connectivity index (χ0n) is 11.3. The second kappa shape index (κ2) is 6.66. The number of ether oxygens (including phenoxy) is 1. The Bertz CT molecular complexity index is 461. The molecule has 1 aromatic carbocycles. The molecule has 0 heterocycles. The number of rotatable bonds is 4. The smallest absolute Gasteiger partial charge is 0.408 e. The van der Waals surface area contributed by atoms with Gasteiger partial charge < -0.3 is 10.1 Å². The normalized spacial score (nSPS) is 12.2. The third kappa shape index (κ3) is 6.33. The number of carbonyl (C=O) groups is 1. The maximum absolute atomic E-state index is 11.6. The Kier molecular flexibility index (Phi) is 5.21. The van der Waals surface area contributed by atoms with E-state index in [2.05, 4.69) is 15.3 Å². The zero-order chi connectivity index (χ0) is 14.3. The summed E-state index contributed by atoms with van der Waals surface area (Å²) in [5, 5.41) is 6.10. The summed E-state index contributed by atoms with van der Waals surface area (Å²) >= 11 is 0. The van der Waals surface area contributed by atoms with E-state index in [0.717, 1.165) is 5.56 Å². The van der Waals surface area contributed by atoms with Crippen molar-refractivity contribution in [1.29, 1.82) is 0 Å². The van der Waals surface area contributed by atoms with E-state index in [-0.39, 0.29) is 0 Å². The molecule has 0 spiro atoms. The van der Waals surface area contributed by atoms with Crippen molar-refractivity contribution in [3.05, 3.63) is 46.3 Å². The highest BCUT2D eigenvalue weighted by Gasteiger charge is 2.18. The summed E-state index contributed by atoms with van der Waals surface area (Å²) in [5.41, 5.74) is 8.91.